The topological polar surface area (TPSA) is 25.4 Å². The molecule has 1 aromatic heterocycles. The van der Waals surface area contributed by atoms with E-state index >= 15 is 0 Å². The Kier molecular flexibility index (Phi) is 4.48. The van der Waals surface area contributed by atoms with E-state index in [4.69, 9.17) is 4.74 Å². The Balaban J connectivity index is 1.82. The highest BCUT2D eigenvalue weighted by molar-refractivity contribution is 6.30. The van der Waals surface area contributed by atoms with Crippen LogP contribution in [0.1, 0.15) is 43.0 Å². The van der Waals surface area contributed by atoms with E-state index in [9.17, 15) is 0 Å². The van der Waals surface area contributed by atoms with E-state index in [-0.39, 0.29) is 0 Å². The van der Waals surface area contributed by atoms with Gasteiger partial charge in [0, 0.05) is 18.3 Å². The fourth-order valence-electron chi connectivity index (χ4n) is 3.46. The highest BCUT2D eigenvalue weighted by Gasteiger charge is 2.30. The van der Waals surface area contributed by atoms with Crippen LogP contribution in [0.25, 0.3) is 0 Å². The third kappa shape index (κ3) is 3.02. The second-order valence-corrected chi connectivity index (χ2v) is 6.08. The van der Waals surface area contributed by atoms with Crippen LogP contribution in [-0.2, 0) is 0 Å². The number of methoxy groups -OCH3 is 1. The van der Waals surface area contributed by atoms with Crippen molar-refractivity contribution in [1.82, 2.24) is 9.88 Å². The van der Waals surface area contributed by atoms with E-state index in [1.807, 2.05) is 18.3 Å². The van der Waals surface area contributed by atoms with E-state index in [2.05, 4.69) is 48.9 Å². The number of aromatic nitrogens is 1. The monoisotopic (exact) mass is 294 g/mol. The summed E-state index contributed by atoms with van der Waals surface area (Å²) in [4.78, 5) is 6.93. The van der Waals surface area contributed by atoms with Gasteiger partial charge in [0.2, 0.25) is 0 Å². The van der Waals surface area contributed by atoms with Crippen molar-refractivity contribution in [3.05, 3.63) is 53.7 Å². The van der Waals surface area contributed by atoms with Crippen LogP contribution in [0.15, 0.2) is 42.6 Å². The van der Waals surface area contributed by atoms with E-state index in [1.54, 1.807) is 7.11 Å². The van der Waals surface area contributed by atoms with Crippen LogP contribution < -0.4 is 10.3 Å². The predicted octanol–water partition coefficient (Wildman–Crippen LogP) is 2.25. The van der Waals surface area contributed by atoms with Crippen LogP contribution >= 0.6 is 0 Å². The fourth-order valence-corrected chi connectivity index (χ4v) is 3.46. The zero-order valence-electron chi connectivity index (χ0n) is 13.6. The number of nitrogens with zero attached hydrogens (tertiary/aromatic N) is 2. The van der Waals surface area contributed by atoms with Gasteiger partial charge in [0.25, 0.3) is 0 Å². The highest BCUT2D eigenvalue weighted by atomic mass is 16.5. The van der Waals surface area contributed by atoms with Crippen LogP contribution in [0, 0.1) is 0 Å². The van der Waals surface area contributed by atoms with Crippen LogP contribution in [0.3, 0.4) is 0 Å². The SMILES string of the molecule is Bc1cc([C@@H]2CCCN2[C@H](C)c2ccc(OC)cc2)ccn1. The maximum atomic E-state index is 5.26. The first-order chi connectivity index (χ1) is 10.7. The Morgan fingerprint density at radius 3 is 2.73 bits per heavy atom. The molecule has 1 saturated heterocycles. The van der Waals surface area contributed by atoms with Crippen molar-refractivity contribution in [1.29, 1.82) is 0 Å². The number of benzene rings is 1. The van der Waals surface area contributed by atoms with Crippen LogP contribution in [0.4, 0.5) is 0 Å². The Morgan fingerprint density at radius 1 is 1.27 bits per heavy atom. The molecule has 4 heteroatoms. The summed E-state index contributed by atoms with van der Waals surface area (Å²) < 4.78 is 5.26. The lowest BCUT2D eigenvalue weighted by Gasteiger charge is -2.31. The van der Waals surface area contributed by atoms with Gasteiger partial charge in [-0.1, -0.05) is 12.1 Å². The molecule has 0 N–H and O–H groups in total. The lowest BCUT2D eigenvalue weighted by atomic mass is 9.96. The van der Waals surface area contributed by atoms with Gasteiger partial charge < -0.3 is 4.74 Å². The summed E-state index contributed by atoms with van der Waals surface area (Å²) in [6.07, 6.45) is 4.41. The second kappa shape index (κ2) is 6.53. The quantitative estimate of drug-likeness (QED) is 0.809. The minimum absolute atomic E-state index is 0.409. The Bertz CT molecular complexity index is 629. The summed E-state index contributed by atoms with van der Waals surface area (Å²) in [6.45, 7) is 3.45. The summed E-state index contributed by atoms with van der Waals surface area (Å²) >= 11 is 0. The van der Waals surface area contributed by atoms with Gasteiger partial charge >= 0.3 is 0 Å². The van der Waals surface area contributed by atoms with Gasteiger partial charge in [0.05, 0.1) is 7.11 Å². The largest absolute Gasteiger partial charge is 0.497 e. The maximum absolute atomic E-state index is 5.26. The molecule has 1 aromatic carbocycles. The van der Waals surface area contributed by atoms with Crippen LogP contribution in [0.2, 0.25) is 0 Å². The molecular weight excluding hydrogens is 271 g/mol. The van der Waals surface area contributed by atoms with Gasteiger partial charge in [0.1, 0.15) is 5.75 Å². The second-order valence-electron chi connectivity index (χ2n) is 6.08. The molecule has 2 atom stereocenters. The van der Waals surface area contributed by atoms with E-state index < -0.39 is 0 Å². The molecule has 114 valence electrons. The average Bonchev–Trinajstić information content (AvgIpc) is 3.04. The first kappa shape index (κ1) is 15.1. The number of likely N-dealkylation sites (tertiary alicyclic amines) is 1. The van der Waals surface area contributed by atoms with Crippen molar-refractivity contribution >= 4 is 13.4 Å². The van der Waals surface area contributed by atoms with Crippen molar-refractivity contribution in [3.63, 3.8) is 0 Å². The molecule has 2 heterocycles. The van der Waals surface area contributed by atoms with E-state index in [0.29, 0.717) is 12.1 Å². The molecule has 22 heavy (non-hydrogen) atoms. The van der Waals surface area contributed by atoms with Crippen LogP contribution in [0.5, 0.6) is 5.75 Å². The maximum Gasteiger partial charge on any atom is 0.163 e. The van der Waals surface area contributed by atoms with Crippen molar-refractivity contribution in [2.45, 2.75) is 31.8 Å². The Hall–Kier alpha value is -1.81. The molecule has 0 saturated carbocycles. The lowest BCUT2D eigenvalue weighted by molar-refractivity contribution is 0.194. The van der Waals surface area contributed by atoms with Gasteiger partial charge in [-0.3, -0.25) is 9.88 Å². The minimum Gasteiger partial charge on any atom is -0.497 e. The first-order valence-electron chi connectivity index (χ1n) is 8.01. The highest BCUT2D eigenvalue weighted by Crippen LogP contribution is 2.38. The standard InChI is InChI=1S/C18H23BN2O/c1-13(14-5-7-16(22-2)8-6-14)21-11-3-4-17(21)15-9-10-20-18(19)12-15/h5-10,12-13,17H,3-4,11,19H2,1-2H3/t13-,17+/m1/s1. The summed E-state index contributed by atoms with van der Waals surface area (Å²) in [6, 6.07) is 13.8. The number of rotatable bonds is 4. The van der Waals surface area contributed by atoms with E-state index in [0.717, 1.165) is 17.9 Å². The van der Waals surface area contributed by atoms with Crippen LogP contribution in [-0.4, -0.2) is 31.4 Å². The normalized spacial score (nSPS) is 20.0. The number of ether oxygens (including phenoxy) is 1. The first-order valence-corrected chi connectivity index (χ1v) is 8.01. The third-order valence-electron chi connectivity index (χ3n) is 4.70. The van der Waals surface area contributed by atoms with Crippen molar-refractivity contribution in [3.8, 4) is 5.75 Å². The molecule has 1 aliphatic rings. The smallest absolute Gasteiger partial charge is 0.163 e. The van der Waals surface area contributed by atoms with Gasteiger partial charge in [0.15, 0.2) is 7.85 Å². The summed E-state index contributed by atoms with van der Waals surface area (Å²) in [5.41, 5.74) is 3.84. The molecule has 1 fully saturated rings. The molecular formula is C18H23BN2O. The predicted molar refractivity (Wildman–Crippen MR) is 92.5 cm³/mol. The number of hydrogen-bond acceptors (Lipinski definition) is 3. The van der Waals surface area contributed by atoms with Crippen molar-refractivity contribution < 1.29 is 4.74 Å². The third-order valence-corrected chi connectivity index (χ3v) is 4.70. The molecule has 0 bridgehead atoms. The van der Waals surface area contributed by atoms with Gasteiger partial charge in [-0.05, 0) is 67.3 Å². The van der Waals surface area contributed by atoms with Gasteiger partial charge in [-0.2, -0.15) is 0 Å². The molecule has 0 unspecified atom stereocenters. The van der Waals surface area contributed by atoms with E-state index in [1.165, 1.54) is 24.0 Å². The zero-order chi connectivity index (χ0) is 15.5. The minimum atomic E-state index is 0.409. The van der Waals surface area contributed by atoms with Gasteiger partial charge in [-0.25, -0.2) is 0 Å². The molecule has 3 rings (SSSR count). The molecule has 2 aromatic rings. The molecule has 1 aliphatic heterocycles. The molecule has 3 nitrogen and oxygen atoms in total. The Labute approximate surface area is 133 Å². The number of pyridine rings is 1. The van der Waals surface area contributed by atoms with Crippen molar-refractivity contribution in [2.75, 3.05) is 13.7 Å². The molecule has 0 radical (unpaired) electrons. The van der Waals surface area contributed by atoms with Gasteiger partial charge in [-0.15, -0.1) is 0 Å². The average molecular weight is 294 g/mol. The zero-order valence-corrected chi connectivity index (χ0v) is 13.6. The summed E-state index contributed by atoms with van der Waals surface area (Å²) in [5, 5.41) is 0. The Morgan fingerprint density at radius 2 is 2.05 bits per heavy atom. The number of hydrogen-bond donors (Lipinski definition) is 0. The fraction of sp³-hybridized carbons (Fsp3) is 0.389. The molecule has 0 amide bonds. The lowest BCUT2D eigenvalue weighted by Crippen LogP contribution is -2.27. The summed E-state index contributed by atoms with van der Waals surface area (Å²) in [7, 11) is 3.77. The molecule has 0 spiro atoms. The van der Waals surface area contributed by atoms with Crippen molar-refractivity contribution in [2.24, 2.45) is 0 Å². The molecule has 0 aliphatic carbocycles. The summed E-state index contributed by atoms with van der Waals surface area (Å²) in [5.74, 6) is 0.915.